The maximum Gasteiger partial charge on any atom is 0.241 e. The minimum atomic E-state index is -3.48. The third kappa shape index (κ3) is 3.77. The highest BCUT2D eigenvalue weighted by Gasteiger charge is 2.27. The summed E-state index contributed by atoms with van der Waals surface area (Å²) in [6.45, 7) is 5.77. The molecule has 0 aromatic heterocycles. The Morgan fingerprint density at radius 3 is 2.43 bits per heavy atom. The van der Waals surface area contributed by atoms with Gasteiger partial charge in [0.25, 0.3) is 0 Å². The van der Waals surface area contributed by atoms with E-state index in [0.29, 0.717) is 27.6 Å². The molecule has 1 aliphatic rings. The highest BCUT2D eigenvalue weighted by molar-refractivity contribution is 7.89. The van der Waals surface area contributed by atoms with Gasteiger partial charge in [-0.1, -0.05) is 26.2 Å². The van der Waals surface area contributed by atoms with Gasteiger partial charge >= 0.3 is 0 Å². The molecule has 2 rings (SSSR count). The predicted octanol–water partition coefficient (Wildman–Crippen LogP) is 3.13. The van der Waals surface area contributed by atoms with E-state index in [1.807, 2.05) is 0 Å². The molecule has 0 radical (unpaired) electrons. The first-order valence-electron chi connectivity index (χ1n) is 7.72. The van der Waals surface area contributed by atoms with Gasteiger partial charge < -0.3 is 5.73 Å². The largest absolute Gasteiger partial charge is 0.399 e. The van der Waals surface area contributed by atoms with Crippen LogP contribution in [-0.2, 0) is 10.0 Å². The molecule has 2 atom stereocenters. The van der Waals surface area contributed by atoms with E-state index in [9.17, 15) is 8.42 Å². The van der Waals surface area contributed by atoms with Gasteiger partial charge in [0.15, 0.2) is 0 Å². The second-order valence-electron chi connectivity index (χ2n) is 6.24. The molecule has 1 aromatic carbocycles. The first-order chi connectivity index (χ1) is 9.83. The Morgan fingerprint density at radius 1 is 1.24 bits per heavy atom. The summed E-state index contributed by atoms with van der Waals surface area (Å²) >= 11 is 0. The molecule has 0 amide bonds. The summed E-state index contributed by atoms with van der Waals surface area (Å²) in [5.41, 5.74) is 7.80. The lowest BCUT2D eigenvalue weighted by Gasteiger charge is -2.29. The summed E-state index contributed by atoms with van der Waals surface area (Å²) in [6, 6.07) is 3.50. The molecule has 1 fully saturated rings. The molecule has 21 heavy (non-hydrogen) atoms. The van der Waals surface area contributed by atoms with Crippen LogP contribution in [0.4, 0.5) is 5.69 Å². The summed E-state index contributed by atoms with van der Waals surface area (Å²) < 4.78 is 28.3. The van der Waals surface area contributed by atoms with E-state index in [2.05, 4.69) is 11.6 Å². The molecule has 0 bridgehead atoms. The fourth-order valence-corrected chi connectivity index (χ4v) is 5.19. The van der Waals surface area contributed by atoms with Crippen molar-refractivity contribution < 1.29 is 8.42 Å². The first-order valence-corrected chi connectivity index (χ1v) is 9.21. The Balaban J connectivity index is 2.23. The number of hydrogen-bond acceptors (Lipinski definition) is 3. The average molecular weight is 310 g/mol. The van der Waals surface area contributed by atoms with Gasteiger partial charge in [0, 0.05) is 11.7 Å². The monoisotopic (exact) mass is 310 g/mol. The van der Waals surface area contributed by atoms with Crippen LogP contribution in [0.15, 0.2) is 17.0 Å². The number of sulfonamides is 1. The maximum absolute atomic E-state index is 12.7. The van der Waals surface area contributed by atoms with Crippen LogP contribution in [0, 0.1) is 19.8 Å². The molecule has 2 unspecified atom stereocenters. The summed E-state index contributed by atoms with van der Waals surface area (Å²) in [5.74, 6) is 0.639. The van der Waals surface area contributed by atoms with E-state index in [-0.39, 0.29) is 6.04 Å². The Bertz CT molecular complexity index is 588. The number of aryl methyl sites for hydroxylation is 2. The lowest BCUT2D eigenvalue weighted by molar-refractivity contribution is 0.301. The SMILES string of the molecule is CCC1CCCC(NS(=O)(=O)c2c(C)cc(N)cc2C)C1. The van der Waals surface area contributed by atoms with E-state index in [1.165, 1.54) is 6.42 Å². The van der Waals surface area contributed by atoms with E-state index in [4.69, 9.17) is 5.73 Å². The normalized spacial score (nSPS) is 23.2. The number of rotatable bonds is 4. The Hall–Kier alpha value is -1.07. The van der Waals surface area contributed by atoms with Crippen molar-refractivity contribution in [3.8, 4) is 0 Å². The molecule has 1 aliphatic carbocycles. The number of nitrogens with one attached hydrogen (secondary N) is 1. The van der Waals surface area contributed by atoms with Gasteiger partial charge in [-0.25, -0.2) is 13.1 Å². The lowest BCUT2D eigenvalue weighted by Crippen LogP contribution is -2.38. The van der Waals surface area contributed by atoms with Crippen LogP contribution in [0.25, 0.3) is 0 Å². The number of anilines is 1. The van der Waals surface area contributed by atoms with Crippen molar-refractivity contribution in [2.24, 2.45) is 5.92 Å². The zero-order chi connectivity index (χ0) is 15.6. The van der Waals surface area contributed by atoms with Crippen LogP contribution in [-0.4, -0.2) is 14.5 Å². The topological polar surface area (TPSA) is 72.2 Å². The van der Waals surface area contributed by atoms with Crippen LogP contribution in [0.1, 0.15) is 50.2 Å². The third-order valence-electron chi connectivity index (χ3n) is 4.43. The quantitative estimate of drug-likeness (QED) is 0.839. The fourth-order valence-electron chi connectivity index (χ4n) is 3.45. The number of nitrogens with two attached hydrogens (primary N) is 1. The van der Waals surface area contributed by atoms with Crippen LogP contribution in [0.3, 0.4) is 0 Å². The highest BCUT2D eigenvalue weighted by Crippen LogP contribution is 2.29. The molecule has 0 saturated heterocycles. The number of hydrogen-bond donors (Lipinski definition) is 2. The highest BCUT2D eigenvalue weighted by atomic mass is 32.2. The standard InChI is InChI=1S/C16H26N2O2S/c1-4-13-6-5-7-15(10-13)18-21(19,20)16-11(2)8-14(17)9-12(16)3/h8-9,13,15,18H,4-7,10,17H2,1-3H3. The molecular weight excluding hydrogens is 284 g/mol. The maximum atomic E-state index is 12.7. The molecule has 0 heterocycles. The van der Waals surface area contributed by atoms with Crippen LogP contribution in [0.2, 0.25) is 0 Å². The third-order valence-corrected chi connectivity index (χ3v) is 6.26. The summed E-state index contributed by atoms with van der Waals surface area (Å²) in [5, 5.41) is 0. The molecular formula is C16H26N2O2S. The Labute approximate surface area is 128 Å². The second-order valence-corrected chi connectivity index (χ2v) is 7.89. The van der Waals surface area contributed by atoms with E-state index in [0.717, 1.165) is 25.7 Å². The Kier molecular flexibility index (Phi) is 4.94. The van der Waals surface area contributed by atoms with Gasteiger partial charge in [0.05, 0.1) is 4.90 Å². The van der Waals surface area contributed by atoms with Crippen LogP contribution < -0.4 is 10.5 Å². The van der Waals surface area contributed by atoms with Crippen molar-refractivity contribution in [2.45, 2.75) is 63.8 Å². The van der Waals surface area contributed by atoms with Gasteiger partial charge in [0.1, 0.15) is 0 Å². The molecule has 5 heteroatoms. The first kappa shape index (κ1) is 16.3. The fraction of sp³-hybridized carbons (Fsp3) is 0.625. The Morgan fingerprint density at radius 2 is 1.86 bits per heavy atom. The molecule has 3 N–H and O–H groups in total. The van der Waals surface area contributed by atoms with E-state index < -0.39 is 10.0 Å². The average Bonchev–Trinajstić information content (AvgIpc) is 2.36. The van der Waals surface area contributed by atoms with Crippen molar-refractivity contribution in [1.29, 1.82) is 0 Å². The number of nitrogen functional groups attached to an aromatic ring is 1. The molecule has 118 valence electrons. The van der Waals surface area contributed by atoms with Crippen molar-refractivity contribution in [3.63, 3.8) is 0 Å². The predicted molar refractivity (Wildman–Crippen MR) is 86.7 cm³/mol. The second kappa shape index (κ2) is 6.36. The number of benzene rings is 1. The zero-order valence-corrected chi connectivity index (χ0v) is 14.0. The van der Waals surface area contributed by atoms with Crippen LogP contribution in [0.5, 0.6) is 0 Å². The van der Waals surface area contributed by atoms with Crippen molar-refractivity contribution in [1.82, 2.24) is 4.72 Å². The minimum absolute atomic E-state index is 0.0602. The van der Waals surface area contributed by atoms with Crippen LogP contribution >= 0.6 is 0 Å². The van der Waals surface area contributed by atoms with Crippen molar-refractivity contribution in [2.75, 3.05) is 5.73 Å². The van der Waals surface area contributed by atoms with Gasteiger partial charge in [0.2, 0.25) is 10.0 Å². The van der Waals surface area contributed by atoms with Gasteiger partial charge in [-0.3, -0.25) is 0 Å². The minimum Gasteiger partial charge on any atom is -0.399 e. The van der Waals surface area contributed by atoms with Crippen molar-refractivity contribution >= 4 is 15.7 Å². The molecule has 0 aliphatic heterocycles. The molecule has 1 saturated carbocycles. The van der Waals surface area contributed by atoms with E-state index >= 15 is 0 Å². The molecule has 4 nitrogen and oxygen atoms in total. The molecule has 1 aromatic rings. The lowest BCUT2D eigenvalue weighted by atomic mass is 9.85. The van der Waals surface area contributed by atoms with Gasteiger partial charge in [-0.2, -0.15) is 0 Å². The zero-order valence-electron chi connectivity index (χ0n) is 13.1. The smallest absolute Gasteiger partial charge is 0.241 e. The summed E-state index contributed by atoms with van der Waals surface area (Å²) in [6.07, 6.45) is 5.32. The van der Waals surface area contributed by atoms with Gasteiger partial charge in [-0.05, 0) is 55.9 Å². The van der Waals surface area contributed by atoms with E-state index in [1.54, 1.807) is 26.0 Å². The summed E-state index contributed by atoms with van der Waals surface area (Å²) in [4.78, 5) is 0.385. The summed E-state index contributed by atoms with van der Waals surface area (Å²) in [7, 11) is -3.48. The van der Waals surface area contributed by atoms with Crippen molar-refractivity contribution in [3.05, 3.63) is 23.3 Å². The molecule has 0 spiro atoms. The van der Waals surface area contributed by atoms with Gasteiger partial charge in [-0.15, -0.1) is 0 Å².